The van der Waals surface area contributed by atoms with Crippen molar-refractivity contribution >= 4 is 16.9 Å². The molecule has 9 nitrogen and oxygen atoms in total. The molecule has 1 aliphatic rings. The van der Waals surface area contributed by atoms with Gasteiger partial charge in [0.1, 0.15) is 28.2 Å². The van der Waals surface area contributed by atoms with Gasteiger partial charge in [-0.15, -0.1) is 0 Å². The lowest BCUT2D eigenvalue weighted by atomic mass is 9.85. The van der Waals surface area contributed by atoms with E-state index in [1.165, 1.54) is 25.3 Å². The number of esters is 1. The van der Waals surface area contributed by atoms with Gasteiger partial charge in [-0.05, 0) is 25.1 Å². The van der Waals surface area contributed by atoms with Crippen LogP contribution in [0.3, 0.4) is 0 Å². The number of ether oxygens (including phenoxy) is 2. The van der Waals surface area contributed by atoms with Crippen LogP contribution in [0.2, 0.25) is 0 Å². The van der Waals surface area contributed by atoms with E-state index < -0.39 is 17.3 Å². The molecule has 2 aromatic heterocycles. The summed E-state index contributed by atoms with van der Waals surface area (Å²) in [5.41, 5.74) is 2.20. The van der Waals surface area contributed by atoms with Crippen molar-refractivity contribution in [3.63, 3.8) is 0 Å². The van der Waals surface area contributed by atoms with Gasteiger partial charge in [-0.1, -0.05) is 0 Å². The van der Waals surface area contributed by atoms with Crippen molar-refractivity contribution in [3.8, 4) is 34.3 Å². The summed E-state index contributed by atoms with van der Waals surface area (Å²) in [6.07, 6.45) is 1.70. The Labute approximate surface area is 187 Å². The molecule has 0 spiro atoms. The fourth-order valence-electron chi connectivity index (χ4n) is 4.27. The monoisotopic (exact) mass is 448 g/mol. The van der Waals surface area contributed by atoms with Crippen molar-refractivity contribution in [2.45, 2.75) is 19.3 Å². The molecule has 0 bridgehead atoms. The highest BCUT2D eigenvalue weighted by molar-refractivity contribution is 5.93. The number of aromatic nitrogens is 2. The van der Waals surface area contributed by atoms with Crippen LogP contribution in [0.25, 0.3) is 22.3 Å². The number of aromatic hydroxyl groups is 2. The highest BCUT2D eigenvalue weighted by Gasteiger charge is 2.35. The van der Waals surface area contributed by atoms with E-state index in [1.807, 2.05) is 6.92 Å². The van der Waals surface area contributed by atoms with Crippen molar-refractivity contribution in [1.82, 2.24) is 9.78 Å². The first-order valence-electron chi connectivity index (χ1n) is 10.2. The summed E-state index contributed by atoms with van der Waals surface area (Å²) < 4.78 is 18.3. The van der Waals surface area contributed by atoms with E-state index in [0.29, 0.717) is 11.1 Å². The van der Waals surface area contributed by atoms with Crippen LogP contribution in [-0.4, -0.2) is 33.1 Å². The second kappa shape index (κ2) is 7.40. The number of carbonyl (C=O) groups is 1. The van der Waals surface area contributed by atoms with E-state index in [4.69, 9.17) is 13.9 Å². The van der Waals surface area contributed by atoms with E-state index in [0.717, 1.165) is 11.3 Å². The van der Waals surface area contributed by atoms with E-state index >= 15 is 0 Å². The molecule has 3 heterocycles. The first kappa shape index (κ1) is 20.6. The lowest BCUT2D eigenvalue weighted by Crippen LogP contribution is -2.22. The van der Waals surface area contributed by atoms with Gasteiger partial charge in [-0.2, -0.15) is 5.10 Å². The van der Waals surface area contributed by atoms with E-state index in [1.54, 1.807) is 30.1 Å². The summed E-state index contributed by atoms with van der Waals surface area (Å²) in [5.74, 6) is -0.838. The molecule has 5 rings (SSSR count). The van der Waals surface area contributed by atoms with Gasteiger partial charge in [0.25, 0.3) is 0 Å². The summed E-state index contributed by atoms with van der Waals surface area (Å²) in [6, 6.07) is 7.12. The van der Waals surface area contributed by atoms with Gasteiger partial charge in [0.15, 0.2) is 16.9 Å². The maximum atomic E-state index is 13.0. The lowest BCUT2D eigenvalue weighted by molar-refractivity contribution is -0.135. The first-order valence-corrected chi connectivity index (χ1v) is 10.2. The molecule has 1 aliphatic heterocycles. The minimum Gasteiger partial charge on any atom is -0.507 e. The zero-order chi connectivity index (χ0) is 23.4. The van der Waals surface area contributed by atoms with Gasteiger partial charge in [0, 0.05) is 47.5 Å². The molecule has 1 atom stereocenters. The predicted octanol–water partition coefficient (Wildman–Crippen LogP) is 3.36. The molecule has 168 valence electrons. The normalized spacial score (nSPS) is 15.4. The standard InChI is InChI=1S/C24H20N2O7/c1-11-14(10-25-26(11)2)13-7-21(30)32-20-9-17(29)23-16(28)8-19(33-24(23)22(13)20)12-4-5-18(31-3)15(27)6-12/h4-6,8-10,13,27,29H,7H2,1-3H3/t13-/m0/s1. The molecule has 4 aromatic rings. The van der Waals surface area contributed by atoms with Crippen molar-refractivity contribution in [1.29, 1.82) is 0 Å². The zero-order valence-electron chi connectivity index (χ0n) is 18.1. The number of rotatable bonds is 3. The second-order valence-corrected chi connectivity index (χ2v) is 7.91. The third-order valence-electron chi connectivity index (χ3n) is 6.04. The number of phenolic OH excluding ortho intramolecular Hbond substituents is 2. The van der Waals surface area contributed by atoms with Crippen molar-refractivity contribution in [2.24, 2.45) is 7.05 Å². The number of nitrogens with zero attached hydrogens (tertiary/aromatic N) is 2. The smallest absolute Gasteiger partial charge is 0.312 e. The van der Waals surface area contributed by atoms with Gasteiger partial charge in [-0.25, -0.2) is 0 Å². The van der Waals surface area contributed by atoms with Crippen LogP contribution in [0, 0.1) is 6.92 Å². The van der Waals surface area contributed by atoms with Crippen LogP contribution >= 0.6 is 0 Å². The van der Waals surface area contributed by atoms with Crippen LogP contribution in [0.15, 0.2) is 45.7 Å². The molecule has 0 saturated carbocycles. The van der Waals surface area contributed by atoms with Crippen molar-refractivity contribution in [2.75, 3.05) is 7.11 Å². The molecular formula is C24H20N2O7. The number of phenols is 2. The molecule has 0 saturated heterocycles. The fraction of sp³-hybridized carbons (Fsp3) is 0.208. The van der Waals surface area contributed by atoms with E-state index in [2.05, 4.69) is 5.10 Å². The number of hydrogen-bond donors (Lipinski definition) is 2. The summed E-state index contributed by atoms with van der Waals surface area (Å²) in [7, 11) is 3.23. The molecular weight excluding hydrogens is 428 g/mol. The van der Waals surface area contributed by atoms with Gasteiger partial charge >= 0.3 is 5.97 Å². The minimum atomic E-state index is -0.485. The Bertz CT molecular complexity index is 1500. The number of methoxy groups -OCH3 is 1. The van der Waals surface area contributed by atoms with Crippen molar-refractivity contribution < 1.29 is 28.9 Å². The van der Waals surface area contributed by atoms with Gasteiger partial charge in [-0.3, -0.25) is 14.3 Å². The zero-order valence-corrected chi connectivity index (χ0v) is 18.1. The van der Waals surface area contributed by atoms with Crippen LogP contribution in [0.5, 0.6) is 23.0 Å². The maximum Gasteiger partial charge on any atom is 0.312 e. The Morgan fingerprint density at radius 3 is 2.61 bits per heavy atom. The Kier molecular flexibility index (Phi) is 4.63. The molecule has 2 aromatic carbocycles. The van der Waals surface area contributed by atoms with E-state index in [9.17, 15) is 19.8 Å². The number of carbonyl (C=O) groups excluding carboxylic acids is 1. The van der Waals surface area contributed by atoms with Gasteiger partial charge in [0.05, 0.1) is 19.7 Å². The van der Waals surface area contributed by atoms with Crippen molar-refractivity contribution in [3.05, 3.63) is 63.6 Å². The second-order valence-electron chi connectivity index (χ2n) is 7.91. The number of hydrogen-bond acceptors (Lipinski definition) is 8. The third-order valence-corrected chi connectivity index (χ3v) is 6.04. The quantitative estimate of drug-likeness (QED) is 0.361. The number of benzene rings is 2. The molecule has 2 N–H and O–H groups in total. The van der Waals surface area contributed by atoms with Crippen LogP contribution < -0.4 is 14.9 Å². The SMILES string of the molecule is COc1ccc(-c2cc(=O)c3c(O)cc4c(c3o2)[C@H](c2cnn(C)c2C)CC(=O)O4)cc1O. The van der Waals surface area contributed by atoms with Crippen LogP contribution in [-0.2, 0) is 11.8 Å². The summed E-state index contributed by atoms with van der Waals surface area (Å²) in [5, 5.41) is 25.0. The predicted molar refractivity (Wildman–Crippen MR) is 118 cm³/mol. The highest BCUT2D eigenvalue weighted by atomic mass is 16.5. The van der Waals surface area contributed by atoms with E-state index in [-0.39, 0.29) is 46.1 Å². The number of fused-ring (bicyclic) bond motifs is 3. The van der Waals surface area contributed by atoms with Gasteiger partial charge in [0.2, 0.25) is 0 Å². The highest BCUT2D eigenvalue weighted by Crippen LogP contribution is 2.46. The fourth-order valence-corrected chi connectivity index (χ4v) is 4.27. The summed E-state index contributed by atoms with van der Waals surface area (Å²) in [6.45, 7) is 1.88. The largest absolute Gasteiger partial charge is 0.507 e. The molecule has 0 radical (unpaired) electrons. The molecule has 0 fully saturated rings. The molecule has 0 amide bonds. The minimum absolute atomic E-state index is 0.0141. The Morgan fingerprint density at radius 2 is 1.94 bits per heavy atom. The topological polar surface area (TPSA) is 124 Å². The molecule has 0 unspecified atom stereocenters. The average Bonchev–Trinajstić information content (AvgIpc) is 3.10. The Hall–Kier alpha value is -4.27. The Morgan fingerprint density at radius 1 is 1.15 bits per heavy atom. The first-order chi connectivity index (χ1) is 15.8. The molecule has 0 aliphatic carbocycles. The Balaban J connectivity index is 1.81. The summed E-state index contributed by atoms with van der Waals surface area (Å²) in [4.78, 5) is 25.4. The lowest BCUT2D eigenvalue weighted by Gasteiger charge is -2.25. The third kappa shape index (κ3) is 3.20. The van der Waals surface area contributed by atoms with Crippen LogP contribution in [0.4, 0.5) is 0 Å². The maximum absolute atomic E-state index is 13.0. The number of aryl methyl sites for hydroxylation is 1. The van der Waals surface area contributed by atoms with Gasteiger partial charge < -0.3 is 24.1 Å². The van der Waals surface area contributed by atoms with Crippen LogP contribution in [0.1, 0.15) is 29.2 Å². The molecule has 33 heavy (non-hydrogen) atoms. The average molecular weight is 448 g/mol. The summed E-state index contributed by atoms with van der Waals surface area (Å²) >= 11 is 0. The molecule has 9 heteroatoms.